The van der Waals surface area contributed by atoms with Gasteiger partial charge in [0.05, 0.1) is 16.5 Å². The standard InChI is InChI=1S/C13H16N2OS/c16-11-5-2-1-4-10-9(11)8-14-13(15-10)12-6-3-7-17-12/h8,12H,1-7H2. The Morgan fingerprint density at radius 1 is 1.24 bits per heavy atom. The number of rotatable bonds is 1. The number of hydrogen-bond donors (Lipinski definition) is 0. The molecule has 0 amide bonds. The van der Waals surface area contributed by atoms with Crippen LogP contribution >= 0.6 is 11.8 Å². The van der Waals surface area contributed by atoms with Crippen LogP contribution in [0.5, 0.6) is 0 Å². The molecule has 1 fully saturated rings. The van der Waals surface area contributed by atoms with E-state index in [9.17, 15) is 4.79 Å². The van der Waals surface area contributed by atoms with Gasteiger partial charge in [0.1, 0.15) is 5.82 Å². The molecule has 1 aromatic rings. The molecule has 1 aliphatic carbocycles. The lowest BCUT2D eigenvalue weighted by atomic mass is 10.1. The van der Waals surface area contributed by atoms with Crippen LogP contribution in [0.3, 0.4) is 0 Å². The van der Waals surface area contributed by atoms with Gasteiger partial charge in [-0.3, -0.25) is 4.79 Å². The normalized spacial score (nSPS) is 24.5. The molecule has 4 heteroatoms. The molecule has 1 atom stereocenters. The average molecular weight is 248 g/mol. The fourth-order valence-electron chi connectivity index (χ4n) is 2.51. The highest BCUT2D eigenvalue weighted by Gasteiger charge is 2.23. The van der Waals surface area contributed by atoms with E-state index in [1.54, 1.807) is 6.20 Å². The van der Waals surface area contributed by atoms with E-state index >= 15 is 0 Å². The van der Waals surface area contributed by atoms with E-state index in [-0.39, 0.29) is 5.78 Å². The van der Waals surface area contributed by atoms with Crippen molar-refractivity contribution in [2.24, 2.45) is 0 Å². The van der Waals surface area contributed by atoms with Gasteiger partial charge in [-0.2, -0.15) is 11.8 Å². The van der Waals surface area contributed by atoms with E-state index in [1.807, 2.05) is 11.8 Å². The number of Topliss-reactive ketones (excluding diaryl/α,β-unsaturated/α-hetero) is 1. The summed E-state index contributed by atoms with van der Waals surface area (Å²) in [7, 11) is 0. The summed E-state index contributed by atoms with van der Waals surface area (Å²) in [5.41, 5.74) is 1.76. The molecule has 0 aromatic carbocycles. The molecule has 1 saturated heterocycles. The van der Waals surface area contributed by atoms with Crippen molar-refractivity contribution in [3.05, 3.63) is 23.3 Å². The number of aryl methyl sites for hydroxylation is 1. The highest BCUT2D eigenvalue weighted by atomic mass is 32.2. The molecule has 3 nitrogen and oxygen atoms in total. The van der Waals surface area contributed by atoms with Gasteiger partial charge in [0, 0.05) is 12.6 Å². The van der Waals surface area contributed by atoms with Gasteiger partial charge in [-0.1, -0.05) is 0 Å². The van der Waals surface area contributed by atoms with Crippen LogP contribution in [0.2, 0.25) is 0 Å². The predicted molar refractivity (Wildman–Crippen MR) is 68.4 cm³/mol. The van der Waals surface area contributed by atoms with Crippen molar-refractivity contribution < 1.29 is 4.79 Å². The molecule has 0 radical (unpaired) electrons. The van der Waals surface area contributed by atoms with Gasteiger partial charge in [0.2, 0.25) is 0 Å². The quantitative estimate of drug-likeness (QED) is 0.717. The molecule has 0 spiro atoms. The maximum atomic E-state index is 11.9. The lowest BCUT2D eigenvalue weighted by molar-refractivity contribution is 0.0981. The fourth-order valence-corrected chi connectivity index (χ4v) is 3.72. The Bertz CT molecular complexity index is 441. The van der Waals surface area contributed by atoms with Crippen LogP contribution in [0.1, 0.15) is 59.2 Å². The van der Waals surface area contributed by atoms with Crippen LogP contribution in [0, 0.1) is 0 Å². The summed E-state index contributed by atoms with van der Waals surface area (Å²) < 4.78 is 0. The first kappa shape index (κ1) is 11.2. The monoisotopic (exact) mass is 248 g/mol. The Morgan fingerprint density at radius 2 is 2.12 bits per heavy atom. The molecule has 2 heterocycles. The van der Waals surface area contributed by atoms with E-state index in [0.717, 1.165) is 36.3 Å². The van der Waals surface area contributed by atoms with E-state index in [2.05, 4.69) is 9.97 Å². The van der Waals surface area contributed by atoms with Gasteiger partial charge in [0.15, 0.2) is 5.78 Å². The number of aromatic nitrogens is 2. The number of hydrogen-bond acceptors (Lipinski definition) is 4. The second-order valence-corrected chi connectivity index (χ2v) is 6.03. The summed E-state index contributed by atoms with van der Waals surface area (Å²) in [4.78, 5) is 20.9. The Balaban J connectivity index is 1.94. The molecule has 1 unspecified atom stereocenters. The molecule has 1 aromatic heterocycles. The molecular formula is C13H16N2OS. The predicted octanol–water partition coefficient (Wildman–Crippen LogP) is 2.95. The molecular weight excluding hydrogens is 232 g/mol. The van der Waals surface area contributed by atoms with E-state index in [4.69, 9.17) is 0 Å². The molecule has 0 saturated carbocycles. The molecule has 0 N–H and O–H groups in total. The van der Waals surface area contributed by atoms with Crippen molar-refractivity contribution in [2.45, 2.75) is 43.8 Å². The van der Waals surface area contributed by atoms with Gasteiger partial charge >= 0.3 is 0 Å². The Kier molecular flexibility index (Phi) is 3.14. The van der Waals surface area contributed by atoms with Gasteiger partial charge in [-0.05, 0) is 37.9 Å². The Labute approximate surface area is 105 Å². The highest BCUT2D eigenvalue weighted by Crippen LogP contribution is 2.38. The van der Waals surface area contributed by atoms with Crippen LogP contribution in [0.4, 0.5) is 0 Å². The maximum absolute atomic E-state index is 11.9. The minimum absolute atomic E-state index is 0.225. The zero-order valence-corrected chi connectivity index (χ0v) is 10.6. The molecule has 0 bridgehead atoms. The third-order valence-corrected chi connectivity index (χ3v) is 4.85. The SMILES string of the molecule is O=C1CCCCc2nc(C3CCCS3)ncc21. The first-order valence-corrected chi connectivity index (χ1v) is 7.40. The average Bonchev–Trinajstić information content (AvgIpc) is 2.82. The summed E-state index contributed by atoms with van der Waals surface area (Å²) in [5, 5.41) is 0.457. The minimum Gasteiger partial charge on any atom is -0.294 e. The lowest BCUT2D eigenvalue weighted by Crippen LogP contribution is -2.08. The summed E-state index contributed by atoms with van der Waals surface area (Å²) in [5.74, 6) is 2.38. The summed E-state index contributed by atoms with van der Waals surface area (Å²) >= 11 is 1.94. The van der Waals surface area contributed by atoms with Crippen molar-refractivity contribution in [1.29, 1.82) is 0 Å². The highest BCUT2D eigenvalue weighted by molar-refractivity contribution is 7.99. The zero-order chi connectivity index (χ0) is 11.7. The van der Waals surface area contributed by atoms with Crippen LogP contribution in [-0.4, -0.2) is 21.5 Å². The van der Waals surface area contributed by atoms with Gasteiger partial charge in [-0.15, -0.1) is 0 Å². The Morgan fingerprint density at radius 3 is 2.94 bits per heavy atom. The minimum atomic E-state index is 0.225. The zero-order valence-electron chi connectivity index (χ0n) is 9.82. The van der Waals surface area contributed by atoms with Crippen LogP contribution < -0.4 is 0 Å². The van der Waals surface area contributed by atoms with Crippen LogP contribution in [-0.2, 0) is 6.42 Å². The number of carbonyl (C=O) groups is 1. The first-order valence-electron chi connectivity index (χ1n) is 6.35. The smallest absolute Gasteiger partial charge is 0.166 e. The molecule has 1 aliphatic heterocycles. The van der Waals surface area contributed by atoms with E-state index in [0.29, 0.717) is 11.7 Å². The number of ketones is 1. The second-order valence-electron chi connectivity index (χ2n) is 4.72. The second kappa shape index (κ2) is 4.77. The van der Waals surface area contributed by atoms with E-state index in [1.165, 1.54) is 18.6 Å². The van der Waals surface area contributed by atoms with Crippen molar-refractivity contribution in [2.75, 3.05) is 5.75 Å². The topological polar surface area (TPSA) is 42.9 Å². The van der Waals surface area contributed by atoms with Gasteiger partial charge in [0.25, 0.3) is 0 Å². The molecule has 3 rings (SSSR count). The van der Waals surface area contributed by atoms with Crippen molar-refractivity contribution >= 4 is 17.5 Å². The van der Waals surface area contributed by atoms with E-state index < -0.39 is 0 Å². The summed E-state index contributed by atoms with van der Waals surface area (Å²) in [6.07, 6.45) is 7.87. The van der Waals surface area contributed by atoms with Crippen LogP contribution in [0.25, 0.3) is 0 Å². The molecule has 2 aliphatic rings. The molecule has 90 valence electrons. The first-order chi connectivity index (χ1) is 8.34. The fraction of sp³-hybridized carbons (Fsp3) is 0.615. The third kappa shape index (κ3) is 2.23. The largest absolute Gasteiger partial charge is 0.294 e. The van der Waals surface area contributed by atoms with Crippen LogP contribution in [0.15, 0.2) is 6.20 Å². The summed E-state index contributed by atoms with van der Waals surface area (Å²) in [6, 6.07) is 0. The number of carbonyl (C=O) groups excluding carboxylic acids is 1. The number of fused-ring (bicyclic) bond motifs is 1. The lowest BCUT2D eigenvalue weighted by Gasteiger charge is -2.10. The molecule has 17 heavy (non-hydrogen) atoms. The van der Waals surface area contributed by atoms with Gasteiger partial charge < -0.3 is 0 Å². The maximum Gasteiger partial charge on any atom is 0.166 e. The third-order valence-electron chi connectivity index (χ3n) is 3.47. The van der Waals surface area contributed by atoms with Gasteiger partial charge in [-0.25, -0.2) is 9.97 Å². The number of thioether (sulfide) groups is 1. The number of nitrogens with zero attached hydrogens (tertiary/aromatic N) is 2. The van der Waals surface area contributed by atoms with Crippen molar-refractivity contribution in [3.8, 4) is 0 Å². The Hall–Kier alpha value is -0.900. The summed E-state index contributed by atoms with van der Waals surface area (Å²) in [6.45, 7) is 0. The van der Waals surface area contributed by atoms with Crippen molar-refractivity contribution in [3.63, 3.8) is 0 Å². The van der Waals surface area contributed by atoms with Crippen molar-refractivity contribution in [1.82, 2.24) is 9.97 Å².